The van der Waals surface area contributed by atoms with Gasteiger partial charge in [0.15, 0.2) is 0 Å². The largest absolute Gasteiger partial charge is 0.480 e. The molecular weight excluding hydrogens is 268 g/mol. The smallest absolute Gasteiger partial charge is 0.329 e. The topological polar surface area (TPSA) is 69.6 Å². The molecule has 1 unspecified atom stereocenters. The van der Waals surface area contributed by atoms with Crippen LogP contribution in [0.15, 0.2) is 30.3 Å². The zero-order valence-electron chi connectivity index (χ0n) is 13.1. The van der Waals surface area contributed by atoms with E-state index in [1.54, 1.807) is 0 Å². The third-order valence-corrected chi connectivity index (χ3v) is 3.89. The molecule has 0 aliphatic carbocycles. The molecule has 5 nitrogen and oxygen atoms in total. The lowest BCUT2D eigenvalue weighted by atomic mass is 9.98. The van der Waals surface area contributed by atoms with Crippen LogP contribution in [-0.4, -0.2) is 41.1 Å². The van der Waals surface area contributed by atoms with E-state index in [4.69, 9.17) is 5.11 Å². The van der Waals surface area contributed by atoms with Gasteiger partial charge < -0.3 is 15.3 Å². The van der Waals surface area contributed by atoms with Gasteiger partial charge in [-0.15, -0.1) is 0 Å². The van der Waals surface area contributed by atoms with Crippen molar-refractivity contribution in [1.82, 2.24) is 10.2 Å². The van der Waals surface area contributed by atoms with Crippen LogP contribution >= 0.6 is 0 Å². The lowest BCUT2D eigenvalue weighted by molar-refractivity contribution is -0.146. The summed E-state index contributed by atoms with van der Waals surface area (Å²) in [6.45, 7) is 5.62. The van der Waals surface area contributed by atoms with Crippen molar-refractivity contribution in [2.24, 2.45) is 0 Å². The molecule has 0 fully saturated rings. The molecule has 0 spiro atoms. The van der Waals surface area contributed by atoms with Crippen LogP contribution < -0.4 is 5.32 Å². The van der Waals surface area contributed by atoms with Crippen molar-refractivity contribution in [1.29, 1.82) is 0 Å². The van der Waals surface area contributed by atoms with Crippen molar-refractivity contribution >= 4 is 12.0 Å². The molecule has 2 N–H and O–H groups in total. The molecule has 1 aromatic carbocycles. The summed E-state index contributed by atoms with van der Waals surface area (Å²) < 4.78 is 0. The maximum atomic E-state index is 12.0. The first-order valence-corrected chi connectivity index (χ1v) is 7.06. The monoisotopic (exact) mass is 292 g/mol. The number of hydrogen-bond donors (Lipinski definition) is 2. The number of amides is 2. The second-order valence-corrected chi connectivity index (χ2v) is 5.76. The number of nitrogens with zero attached hydrogens (tertiary/aromatic N) is 1. The van der Waals surface area contributed by atoms with E-state index < -0.39 is 11.5 Å². The Balaban J connectivity index is 2.45. The molecule has 0 heterocycles. The first kappa shape index (κ1) is 17.0. The summed E-state index contributed by atoms with van der Waals surface area (Å²) in [4.78, 5) is 24.3. The first-order chi connectivity index (χ1) is 9.76. The third-order valence-electron chi connectivity index (χ3n) is 3.89. The first-order valence-electron chi connectivity index (χ1n) is 7.06. The summed E-state index contributed by atoms with van der Waals surface area (Å²) in [6, 6.07) is 9.71. The Hall–Kier alpha value is -2.04. The fourth-order valence-corrected chi connectivity index (χ4v) is 1.86. The number of carboxylic acids is 1. The van der Waals surface area contributed by atoms with Crippen LogP contribution in [0.5, 0.6) is 0 Å². The molecule has 5 heteroatoms. The van der Waals surface area contributed by atoms with Crippen molar-refractivity contribution in [2.45, 2.75) is 38.6 Å². The minimum absolute atomic E-state index is 0.337. The van der Waals surface area contributed by atoms with Crippen LogP contribution in [0.3, 0.4) is 0 Å². The van der Waals surface area contributed by atoms with Crippen LogP contribution in [0.4, 0.5) is 4.79 Å². The summed E-state index contributed by atoms with van der Waals surface area (Å²) in [5.41, 5.74) is 0.000695. The van der Waals surface area contributed by atoms with Gasteiger partial charge in [0.1, 0.15) is 5.54 Å². The number of benzene rings is 1. The number of carboxylic acid groups (broad SMARTS) is 1. The van der Waals surface area contributed by atoms with E-state index in [2.05, 4.69) is 24.4 Å². The lowest BCUT2D eigenvalue weighted by Gasteiger charge is -2.31. The van der Waals surface area contributed by atoms with Crippen LogP contribution in [-0.2, 0) is 4.79 Å². The molecule has 0 aliphatic heterocycles. The summed E-state index contributed by atoms with van der Waals surface area (Å²) in [5.74, 6) is -0.693. The molecule has 2 amide bonds. The van der Waals surface area contributed by atoms with E-state index in [-0.39, 0.29) is 6.03 Å². The zero-order chi connectivity index (χ0) is 16.0. The normalized spacial score (nSPS) is 12.6. The summed E-state index contributed by atoms with van der Waals surface area (Å²) in [6.07, 6.45) is 0.803. The molecule has 1 atom stereocenters. The number of nitrogens with one attached hydrogen (secondary N) is 1. The molecular formula is C16H24N2O3. The molecule has 0 saturated heterocycles. The predicted octanol–water partition coefficient (Wildman–Crippen LogP) is 2.68. The minimum atomic E-state index is -1.23. The SMILES string of the molecule is CC(CCNC(=O)N(C)C(C)(C)C(=O)O)c1ccccc1. The fraction of sp³-hybridized carbons (Fsp3) is 0.500. The quantitative estimate of drug-likeness (QED) is 0.847. The standard InChI is InChI=1S/C16H24N2O3/c1-12(13-8-6-5-7-9-13)10-11-17-15(21)18(4)16(2,3)14(19)20/h5-9,12H,10-11H2,1-4H3,(H,17,21)(H,19,20). The Kier molecular flexibility index (Phi) is 5.76. The van der Waals surface area contributed by atoms with Crippen LogP contribution in [0.25, 0.3) is 0 Å². The van der Waals surface area contributed by atoms with Crippen molar-refractivity contribution in [2.75, 3.05) is 13.6 Å². The Morgan fingerprint density at radius 3 is 2.38 bits per heavy atom. The molecule has 0 aromatic heterocycles. The Morgan fingerprint density at radius 1 is 1.29 bits per heavy atom. The van der Waals surface area contributed by atoms with E-state index in [1.165, 1.54) is 31.4 Å². The number of hydrogen-bond acceptors (Lipinski definition) is 2. The zero-order valence-corrected chi connectivity index (χ0v) is 13.1. The fourth-order valence-electron chi connectivity index (χ4n) is 1.86. The second-order valence-electron chi connectivity index (χ2n) is 5.76. The van der Waals surface area contributed by atoms with Crippen LogP contribution in [0.2, 0.25) is 0 Å². The minimum Gasteiger partial charge on any atom is -0.480 e. The van der Waals surface area contributed by atoms with Gasteiger partial charge in [0.05, 0.1) is 0 Å². The number of carbonyl (C=O) groups is 2. The molecule has 0 aliphatic rings. The Bertz CT molecular complexity index is 486. The molecule has 21 heavy (non-hydrogen) atoms. The lowest BCUT2D eigenvalue weighted by Crippen LogP contribution is -2.54. The van der Waals surface area contributed by atoms with Crippen molar-refractivity contribution < 1.29 is 14.7 Å². The highest BCUT2D eigenvalue weighted by molar-refractivity contribution is 5.85. The van der Waals surface area contributed by atoms with Crippen LogP contribution in [0, 0.1) is 0 Å². The van der Waals surface area contributed by atoms with E-state index in [9.17, 15) is 9.59 Å². The molecule has 116 valence electrons. The third kappa shape index (κ3) is 4.48. The average Bonchev–Trinajstić information content (AvgIpc) is 2.46. The maximum Gasteiger partial charge on any atom is 0.329 e. The molecule has 0 saturated carbocycles. The van der Waals surface area contributed by atoms with Gasteiger partial charge in [-0.05, 0) is 31.7 Å². The van der Waals surface area contributed by atoms with Crippen molar-refractivity contribution in [3.05, 3.63) is 35.9 Å². The molecule has 1 rings (SSSR count). The maximum absolute atomic E-state index is 12.0. The van der Waals surface area contributed by atoms with E-state index in [1.807, 2.05) is 18.2 Å². The Morgan fingerprint density at radius 2 is 1.86 bits per heavy atom. The van der Waals surface area contributed by atoms with E-state index in [0.29, 0.717) is 12.5 Å². The van der Waals surface area contributed by atoms with Crippen LogP contribution in [0.1, 0.15) is 38.7 Å². The molecule has 0 bridgehead atoms. The summed E-state index contributed by atoms with van der Waals surface area (Å²) in [5, 5.41) is 11.9. The van der Waals surface area contributed by atoms with Gasteiger partial charge in [0.2, 0.25) is 0 Å². The predicted molar refractivity (Wildman–Crippen MR) is 82.4 cm³/mol. The number of rotatable bonds is 6. The van der Waals surface area contributed by atoms with Gasteiger partial charge in [-0.25, -0.2) is 9.59 Å². The van der Waals surface area contributed by atoms with E-state index >= 15 is 0 Å². The van der Waals surface area contributed by atoms with Crippen molar-refractivity contribution in [3.8, 4) is 0 Å². The van der Waals surface area contributed by atoms with Gasteiger partial charge in [-0.3, -0.25) is 0 Å². The molecule has 0 radical (unpaired) electrons. The highest BCUT2D eigenvalue weighted by Crippen LogP contribution is 2.18. The number of aliphatic carboxylic acids is 1. The number of carbonyl (C=O) groups excluding carboxylic acids is 1. The van der Waals surface area contributed by atoms with Gasteiger partial charge in [0.25, 0.3) is 0 Å². The number of likely N-dealkylation sites (N-methyl/N-ethyl adjacent to an activating group) is 1. The average molecular weight is 292 g/mol. The van der Waals surface area contributed by atoms with E-state index in [0.717, 1.165) is 6.42 Å². The second kappa shape index (κ2) is 7.11. The van der Waals surface area contributed by atoms with Gasteiger partial charge in [0, 0.05) is 13.6 Å². The summed E-state index contributed by atoms with van der Waals surface area (Å²) >= 11 is 0. The van der Waals surface area contributed by atoms with Crippen molar-refractivity contribution in [3.63, 3.8) is 0 Å². The van der Waals surface area contributed by atoms with Gasteiger partial charge in [-0.1, -0.05) is 37.3 Å². The highest BCUT2D eigenvalue weighted by Gasteiger charge is 2.35. The van der Waals surface area contributed by atoms with Gasteiger partial charge >= 0.3 is 12.0 Å². The molecule has 1 aromatic rings. The van der Waals surface area contributed by atoms with Gasteiger partial charge in [-0.2, -0.15) is 0 Å². The number of urea groups is 1. The summed E-state index contributed by atoms with van der Waals surface area (Å²) in [7, 11) is 1.49. The highest BCUT2D eigenvalue weighted by atomic mass is 16.4. The Labute approximate surface area is 126 Å².